The molecule has 8 aromatic carbocycles. The van der Waals surface area contributed by atoms with Crippen molar-refractivity contribution in [1.29, 1.82) is 5.26 Å². The van der Waals surface area contributed by atoms with Crippen LogP contribution in [0.15, 0.2) is 188 Å². The Kier molecular flexibility index (Phi) is 7.53. The molecule has 3 heteroatoms. The maximum absolute atomic E-state index is 9.46. The normalized spacial score (nSPS) is 11.3. The average molecular weight is 686 g/mol. The lowest BCUT2D eigenvalue weighted by Crippen LogP contribution is -1.95. The molecule has 10 rings (SSSR count). The summed E-state index contributed by atoms with van der Waals surface area (Å²) >= 11 is 0. The van der Waals surface area contributed by atoms with E-state index in [1.165, 1.54) is 38.6 Å². The van der Waals surface area contributed by atoms with E-state index in [1.54, 1.807) is 0 Å². The first-order chi connectivity index (χ1) is 26.7. The number of fused-ring (bicyclic) bond motifs is 3. The number of nitrogens with zero attached hydrogens (tertiary/aromatic N) is 3. The van der Waals surface area contributed by atoms with Crippen LogP contribution < -0.4 is 0 Å². The van der Waals surface area contributed by atoms with Crippen molar-refractivity contribution in [2.45, 2.75) is 0 Å². The average Bonchev–Trinajstić information content (AvgIpc) is 3.59. The smallest absolute Gasteiger partial charge is 0.160 e. The van der Waals surface area contributed by atoms with Gasteiger partial charge in [0.1, 0.15) is 0 Å². The van der Waals surface area contributed by atoms with Crippen LogP contribution in [0.4, 0.5) is 0 Å². The second-order valence-corrected chi connectivity index (χ2v) is 13.7. The predicted octanol–water partition coefficient (Wildman–Crippen LogP) is 13.2. The quantitative estimate of drug-likeness (QED) is 0.175. The van der Waals surface area contributed by atoms with Crippen molar-refractivity contribution in [3.63, 3.8) is 0 Å². The number of benzene rings is 8. The first-order valence-electron chi connectivity index (χ1n) is 18.1. The minimum atomic E-state index is 0.658. The summed E-state index contributed by atoms with van der Waals surface area (Å²) in [5, 5.41) is 12.0. The summed E-state index contributed by atoms with van der Waals surface area (Å²) in [6.45, 7) is 0. The van der Waals surface area contributed by atoms with Crippen LogP contribution in [0.1, 0.15) is 5.56 Å². The fourth-order valence-corrected chi connectivity index (χ4v) is 7.85. The molecule has 250 valence electrons. The highest BCUT2D eigenvalue weighted by atomic mass is 14.9. The van der Waals surface area contributed by atoms with Crippen LogP contribution in [0.2, 0.25) is 0 Å². The minimum Gasteiger partial charge on any atom is -0.228 e. The zero-order valence-corrected chi connectivity index (χ0v) is 29.2. The maximum Gasteiger partial charge on any atom is 0.160 e. The zero-order chi connectivity index (χ0) is 36.0. The Balaban J connectivity index is 1.03. The lowest BCUT2D eigenvalue weighted by molar-refractivity contribution is 1.18. The first-order valence-corrected chi connectivity index (χ1v) is 18.1. The summed E-state index contributed by atoms with van der Waals surface area (Å²) in [5.74, 6) is 0.698. The Morgan fingerprint density at radius 3 is 1.19 bits per heavy atom. The first kappa shape index (κ1) is 31.3. The van der Waals surface area contributed by atoms with Crippen LogP contribution in [0.5, 0.6) is 0 Å². The van der Waals surface area contributed by atoms with Gasteiger partial charge in [-0.25, -0.2) is 9.97 Å². The SMILES string of the molecule is N#Cc1ccc(-c2ccc3c4c(ccc(-c5ccc(-c6ccc(-c7nc(-c8ccccc8)cc(-c8ccccc8)n7)cc6)cc5)c24)-c2ccccc2-3)cc1. The Morgan fingerprint density at radius 2 is 0.704 bits per heavy atom. The molecule has 1 aliphatic carbocycles. The molecule has 1 aromatic heterocycles. The molecule has 0 N–H and O–H groups in total. The van der Waals surface area contributed by atoms with Gasteiger partial charge in [0.25, 0.3) is 0 Å². The van der Waals surface area contributed by atoms with E-state index < -0.39 is 0 Å². The third kappa shape index (κ3) is 5.37. The van der Waals surface area contributed by atoms with Crippen LogP contribution in [0.3, 0.4) is 0 Å². The van der Waals surface area contributed by atoms with E-state index in [0.717, 1.165) is 55.9 Å². The molecule has 0 unspecified atom stereocenters. The summed E-state index contributed by atoms with van der Waals surface area (Å²) < 4.78 is 0. The highest BCUT2D eigenvalue weighted by molar-refractivity contribution is 6.22. The molecule has 0 fully saturated rings. The van der Waals surface area contributed by atoms with Crippen molar-refractivity contribution in [3.8, 4) is 95.6 Å². The molecule has 0 amide bonds. The Hall–Kier alpha value is -7.41. The second kappa shape index (κ2) is 13.0. The fourth-order valence-electron chi connectivity index (χ4n) is 7.85. The van der Waals surface area contributed by atoms with Crippen molar-refractivity contribution >= 4 is 10.8 Å². The van der Waals surface area contributed by atoms with Gasteiger partial charge in [0.05, 0.1) is 23.0 Å². The van der Waals surface area contributed by atoms with Crippen molar-refractivity contribution in [2.75, 3.05) is 0 Å². The second-order valence-electron chi connectivity index (χ2n) is 13.7. The summed E-state index contributed by atoms with van der Waals surface area (Å²) in [4.78, 5) is 10.0. The molecule has 0 saturated carbocycles. The Bertz CT molecular complexity index is 2800. The summed E-state index contributed by atoms with van der Waals surface area (Å²) in [5.41, 5.74) is 17.5. The van der Waals surface area contributed by atoms with Gasteiger partial charge in [0, 0.05) is 16.7 Å². The van der Waals surface area contributed by atoms with E-state index in [2.05, 4.69) is 146 Å². The highest BCUT2D eigenvalue weighted by Gasteiger charge is 2.24. The molecule has 3 nitrogen and oxygen atoms in total. The molecule has 0 spiro atoms. The topological polar surface area (TPSA) is 49.6 Å². The molecule has 1 heterocycles. The summed E-state index contributed by atoms with van der Waals surface area (Å²) in [6, 6.07) is 68.0. The Labute approximate surface area is 314 Å². The van der Waals surface area contributed by atoms with Gasteiger partial charge < -0.3 is 0 Å². The van der Waals surface area contributed by atoms with Gasteiger partial charge in [-0.3, -0.25) is 0 Å². The van der Waals surface area contributed by atoms with Gasteiger partial charge in [0.15, 0.2) is 5.82 Å². The maximum atomic E-state index is 9.46. The molecule has 0 saturated heterocycles. The standard InChI is InChI=1S/C51H31N3/c52-32-33-15-17-36(18-16-33)41-27-29-45-43-13-7-8-14-44(43)46-30-28-42(49(41)50(45)46)37-23-19-34(20-24-37)35-21-25-40(26-22-35)51-53-47(38-9-3-1-4-10-38)31-48(54-51)39-11-5-2-6-12-39/h1-31H. The van der Waals surface area contributed by atoms with E-state index in [9.17, 15) is 5.26 Å². The molecular formula is C51H31N3. The monoisotopic (exact) mass is 685 g/mol. The van der Waals surface area contributed by atoms with Crippen LogP contribution in [0, 0.1) is 11.3 Å². The van der Waals surface area contributed by atoms with Gasteiger partial charge in [0.2, 0.25) is 0 Å². The molecule has 9 aromatic rings. The molecular weight excluding hydrogens is 655 g/mol. The summed E-state index contributed by atoms with van der Waals surface area (Å²) in [7, 11) is 0. The molecule has 1 aliphatic rings. The molecule has 0 aliphatic heterocycles. The van der Waals surface area contributed by atoms with Gasteiger partial charge >= 0.3 is 0 Å². The molecule has 0 radical (unpaired) electrons. The molecule has 54 heavy (non-hydrogen) atoms. The Morgan fingerprint density at radius 1 is 0.315 bits per heavy atom. The van der Waals surface area contributed by atoms with Gasteiger partial charge in [-0.15, -0.1) is 0 Å². The van der Waals surface area contributed by atoms with Crippen LogP contribution in [-0.4, -0.2) is 9.97 Å². The van der Waals surface area contributed by atoms with Crippen LogP contribution in [0.25, 0.3) is 100 Å². The van der Waals surface area contributed by atoms with E-state index in [4.69, 9.17) is 9.97 Å². The number of rotatable bonds is 6. The van der Waals surface area contributed by atoms with Crippen molar-refractivity contribution in [1.82, 2.24) is 9.97 Å². The highest BCUT2D eigenvalue weighted by Crippen LogP contribution is 2.52. The fraction of sp³-hybridized carbons (Fsp3) is 0. The third-order valence-corrected chi connectivity index (χ3v) is 10.5. The number of nitriles is 1. The van der Waals surface area contributed by atoms with E-state index >= 15 is 0 Å². The molecule has 0 bridgehead atoms. The van der Waals surface area contributed by atoms with Gasteiger partial charge in [-0.2, -0.15) is 5.26 Å². The zero-order valence-electron chi connectivity index (χ0n) is 29.2. The van der Waals surface area contributed by atoms with Crippen molar-refractivity contribution in [3.05, 3.63) is 194 Å². The number of hydrogen-bond acceptors (Lipinski definition) is 3. The molecule has 0 atom stereocenters. The van der Waals surface area contributed by atoms with Crippen molar-refractivity contribution < 1.29 is 0 Å². The summed E-state index contributed by atoms with van der Waals surface area (Å²) in [6.07, 6.45) is 0. The van der Waals surface area contributed by atoms with E-state index in [1.807, 2.05) is 48.5 Å². The lowest BCUT2D eigenvalue weighted by Gasteiger charge is -2.15. The predicted molar refractivity (Wildman–Crippen MR) is 221 cm³/mol. The number of hydrogen-bond donors (Lipinski definition) is 0. The van der Waals surface area contributed by atoms with Gasteiger partial charge in [-0.1, -0.05) is 170 Å². The van der Waals surface area contributed by atoms with E-state index in [-0.39, 0.29) is 0 Å². The third-order valence-electron chi connectivity index (χ3n) is 10.5. The van der Waals surface area contributed by atoms with E-state index in [0.29, 0.717) is 11.4 Å². The lowest BCUT2D eigenvalue weighted by atomic mass is 9.88. The largest absolute Gasteiger partial charge is 0.228 e. The minimum absolute atomic E-state index is 0.658. The van der Waals surface area contributed by atoms with Crippen LogP contribution >= 0.6 is 0 Å². The number of aromatic nitrogens is 2. The van der Waals surface area contributed by atoms with Gasteiger partial charge in [-0.05, 0) is 84.6 Å². The van der Waals surface area contributed by atoms with Crippen LogP contribution in [-0.2, 0) is 0 Å². The van der Waals surface area contributed by atoms with Crippen molar-refractivity contribution in [2.24, 2.45) is 0 Å².